The summed E-state index contributed by atoms with van der Waals surface area (Å²) in [5.41, 5.74) is 1.13. The van der Waals surface area contributed by atoms with E-state index in [0.717, 1.165) is 4.70 Å². The number of aromatic nitrogens is 2. The molecule has 0 spiro atoms. The predicted octanol–water partition coefficient (Wildman–Crippen LogP) is 1.15. The van der Waals surface area contributed by atoms with Crippen molar-refractivity contribution in [1.29, 1.82) is 0 Å². The third-order valence-electron chi connectivity index (χ3n) is 1.39. The minimum Gasteiger partial charge on any atom is -0.285 e. The van der Waals surface area contributed by atoms with Crippen molar-refractivity contribution < 1.29 is 4.79 Å². The largest absolute Gasteiger partial charge is 0.285 e. The van der Waals surface area contributed by atoms with Crippen molar-refractivity contribution in [1.82, 2.24) is 9.59 Å². The maximum atomic E-state index is 10.3. The summed E-state index contributed by atoms with van der Waals surface area (Å²) in [4.78, 5) is 10.3. The average molecular weight is 163 g/mol. The van der Waals surface area contributed by atoms with Crippen LogP contribution < -0.4 is 0 Å². The first kappa shape index (κ1) is 6.42. The third-order valence-corrected chi connectivity index (χ3v) is 2.08. The molecule has 0 aliphatic carbocycles. The van der Waals surface area contributed by atoms with Gasteiger partial charge in [-0.25, -0.2) is 0 Å². The van der Waals surface area contributed by atoms with Crippen molar-refractivity contribution in [2.24, 2.45) is 0 Å². The zero-order valence-corrected chi connectivity index (χ0v) is 6.26. The molecule has 0 aliphatic rings. The first-order valence-electron chi connectivity index (χ1n) is 3.01. The number of hydrogen-bond acceptors (Lipinski definition) is 4. The molecule has 1 aromatic heterocycles. The van der Waals surface area contributed by atoms with E-state index in [-0.39, 0.29) is 0 Å². The summed E-state index contributed by atoms with van der Waals surface area (Å²) in [6.07, 6.45) is 1.81. The van der Waals surface area contributed by atoms with Crippen LogP contribution in [0.3, 0.4) is 0 Å². The SMILES string of the molecule is O=[C]c1cccc2snnc12. The highest BCUT2D eigenvalue weighted by Crippen LogP contribution is 2.17. The van der Waals surface area contributed by atoms with E-state index in [4.69, 9.17) is 0 Å². The van der Waals surface area contributed by atoms with E-state index in [1.165, 1.54) is 11.5 Å². The van der Waals surface area contributed by atoms with E-state index >= 15 is 0 Å². The van der Waals surface area contributed by atoms with Crippen LogP contribution in [0.4, 0.5) is 0 Å². The minimum atomic E-state index is 0.483. The fourth-order valence-electron chi connectivity index (χ4n) is 0.887. The Bertz CT molecular complexity index is 396. The number of hydrogen-bond donors (Lipinski definition) is 0. The van der Waals surface area contributed by atoms with Crippen molar-refractivity contribution in [3.8, 4) is 0 Å². The van der Waals surface area contributed by atoms with Crippen LogP contribution in [0.2, 0.25) is 0 Å². The van der Waals surface area contributed by atoms with Gasteiger partial charge in [0.25, 0.3) is 0 Å². The second kappa shape index (κ2) is 2.39. The first-order valence-corrected chi connectivity index (χ1v) is 3.78. The number of carbonyl (C=O) groups excluding carboxylic acids is 1. The lowest BCUT2D eigenvalue weighted by molar-refractivity contribution is 0.563. The average Bonchev–Trinajstić information content (AvgIpc) is 2.50. The Kier molecular flexibility index (Phi) is 1.40. The lowest BCUT2D eigenvalue weighted by Crippen LogP contribution is -1.81. The van der Waals surface area contributed by atoms with E-state index < -0.39 is 0 Å². The normalized spacial score (nSPS) is 10.2. The molecule has 0 saturated heterocycles. The van der Waals surface area contributed by atoms with Crippen molar-refractivity contribution in [2.75, 3.05) is 0 Å². The first-order chi connectivity index (χ1) is 5.42. The number of benzene rings is 1. The Morgan fingerprint density at radius 3 is 3.18 bits per heavy atom. The predicted molar refractivity (Wildman–Crippen MR) is 42.2 cm³/mol. The van der Waals surface area contributed by atoms with Crippen LogP contribution in [0.25, 0.3) is 10.2 Å². The number of fused-ring (bicyclic) bond motifs is 1. The Morgan fingerprint density at radius 2 is 2.36 bits per heavy atom. The summed E-state index contributed by atoms with van der Waals surface area (Å²) in [5, 5.41) is 3.80. The maximum Gasteiger partial charge on any atom is 0.235 e. The van der Waals surface area contributed by atoms with Gasteiger partial charge in [-0.1, -0.05) is 10.6 Å². The zero-order chi connectivity index (χ0) is 7.68. The highest BCUT2D eigenvalue weighted by atomic mass is 32.1. The Morgan fingerprint density at radius 1 is 1.45 bits per heavy atom. The maximum absolute atomic E-state index is 10.3. The molecule has 4 heteroatoms. The van der Waals surface area contributed by atoms with E-state index in [1.807, 2.05) is 12.4 Å². The van der Waals surface area contributed by atoms with Gasteiger partial charge in [0.2, 0.25) is 6.29 Å². The topological polar surface area (TPSA) is 42.9 Å². The zero-order valence-electron chi connectivity index (χ0n) is 5.44. The molecule has 1 radical (unpaired) electrons. The molecule has 0 bridgehead atoms. The van der Waals surface area contributed by atoms with Gasteiger partial charge in [0, 0.05) is 0 Å². The van der Waals surface area contributed by atoms with Crippen LogP contribution in [0.15, 0.2) is 18.2 Å². The number of nitrogens with zero attached hydrogens (tertiary/aromatic N) is 2. The molecule has 0 fully saturated rings. The Labute approximate surface area is 66.8 Å². The van der Waals surface area contributed by atoms with Gasteiger partial charge in [-0.3, -0.25) is 4.79 Å². The standard InChI is InChI=1S/C7H3N2OS/c10-4-5-2-1-3-6-7(5)8-9-11-6/h1-3H. The quantitative estimate of drug-likeness (QED) is 0.633. The lowest BCUT2D eigenvalue weighted by Gasteiger charge is -1.86. The molecule has 0 unspecified atom stereocenters. The Hall–Kier alpha value is -1.29. The van der Waals surface area contributed by atoms with Crippen LogP contribution in [0.5, 0.6) is 0 Å². The van der Waals surface area contributed by atoms with Gasteiger partial charge < -0.3 is 0 Å². The molecule has 2 rings (SSSR count). The van der Waals surface area contributed by atoms with Gasteiger partial charge in [-0.05, 0) is 23.7 Å². The van der Waals surface area contributed by atoms with Crippen LogP contribution in [0, 0.1) is 0 Å². The lowest BCUT2D eigenvalue weighted by atomic mass is 10.2. The smallest absolute Gasteiger partial charge is 0.235 e. The highest BCUT2D eigenvalue weighted by molar-refractivity contribution is 7.13. The summed E-state index contributed by atoms with van der Waals surface area (Å²) in [6.45, 7) is 0. The van der Waals surface area contributed by atoms with Crippen molar-refractivity contribution >= 4 is 28.0 Å². The molecule has 11 heavy (non-hydrogen) atoms. The second-order valence-electron chi connectivity index (χ2n) is 2.03. The summed E-state index contributed by atoms with van der Waals surface area (Å²) >= 11 is 1.28. The number of rotatable bonds is 1. The van der Waals surface area contributed by atoms with Gasteiger partial charge in [-0.15, -0.1) is 5.10 Å². The molecule has 0 saturated carbocycles. The van der Waals surface area contributed by atoms with Gasteiger partial charge >= 0.3 is 0 Å². The molecule has 2 aromatic rings. The minimum absolute atomic E-state index is 0.483. The molecular weight excluding hydrogens is 160 g/mol. The fourth-order valence-corrected chi connectivity index (χ4v) is 1.47. The van der Waals surface area contributed by atoms with Crippen molar-refractivity contribution in [2.45, 2.75) is 0 Å². The second-order valence-corrected chi connectivity index (χ2v) is 2.81. The Balaban J connectivity index is 2.88. The van der Waals surface area contributed by atoms with E-state index in [9.17, 15) is 4.79 Å². The van der Waals surface area contributed by atoms with Gasteiger partial charge in [0.1, 0.15) is 5.52 Å². The molecule has 53 valence electrons. The highest BCUT2D eigenvalue weighted by Gasteiger charge is 2.02. The third kappa shape index (κ3) is 0.914. The van der Waals surface area contributed by atoms with E-state index in [1.54, 1.807) is 12.1 Å². The molecule has 1 aromatic carbocycles. The van der Waals surface area contributed by atoms with Gasteiger partial charge in [-0.2, -0.15) is 0 Å². The molecule has 1 heterocycles. The van der Waals surface area contributed by atoms with Crippen LogP contribution in [-0.2, 0) is 4.79 Å². The van der Waals surface area contributed by atoms with Gasteiger partial charge in [0.05, 0.1) is 10.3 Å². The van der Waals surface area contributed by atoms with Crippen molar-refractivity contribution in [3.05, 3.63) is 23.8 Å². The fraction of sp³-hybridized carbons (Fsp3) is 0. The van der Waals surface area contributed by atoms with Crippen molar-refractivity contribution in [3.63, 3.8) is 0 Å². The summed E-state index contributed by atoms with van der Waals surface area (Å²) in [6, 6.07) is 5.35. The molecule has 0 aliphatic heterocycles. The molecule has 0 atom stereocenters. The van der Waals surface area contributed by atoms with Crippen LogP contribution >= 0.6 is 11.5 Å². The van der Waals surface area contributed by atoms with E-state index in [0.29, 0.717) is 11.1 Å². The van der Waals surface area contributed by atoms with Crippen LogP contribution in [0.1, 0.15) is 5.56 Å². The van der Waals surface area contributed by atoms with Gasteiger partial charge in [0.15, 0.2) is 0 Å². The molecular formula is C7H3N2OS. The van der Waals surface area contributed by atoms with Crippen LogP contribution in [-0.4, -0.2) is 15.9 Å². The van der Waals surface area contributed by atoms with E-state index in [2.05, 4.69) is 9.59 Å². The molecule has 0 amide bonds. The monoisotopic (exact) mass is 163 g/mol. The summed E-state index contributed by atoms with van der Waals surface area (Å²) in [5.74, 6) is 0. The summed E-state index contributed by atoms with van der Waals surface area (Å²) in [7, 11) is 0. The summed E-state index contributed by atoms with van der Waals surface area (Å²) < 4.78 is 4.64. The molecule has 3 nitrogen and oxygen atoms in total. The molecule has 0 N–H and O–H groups in total.